The Hall–Kier alpha value is -3.26. The summed E-state index contributed by atoms with van der Waals surface area (Å²) in [6.45, 7) is -0.422. The average molecular weight is 386 g/mol. The van der Waals surface area contributed by atoms with Gasteiger partial charge < -0.3 is 10.1 Å². The molecule has 0 spiro atoms. The molecule has 0 saturated heterocycles. The maximum absolute atomic E-state index is 12.5. The standard InChI is InChI=1S/C18H16ClN5O3/c19-14-6-8-15(9-7-14)21-17(25)11-27-18(26)16(24-12-20-22-23-24)10-13-4-2-1-3-5-13/h1-9,12,16H,10-11H2,(H,21,25)/t16-/m0/s1. The topological polar surface area (TPSA) is 99.0 Å². The number of benzene rings is 2. The van der Waals surface area contributed by atoms with E-state index in [-0.39, 0.29) is 0 Å². The highest BCUT2D eigenvalue weighted by molar-refractivity contribution is 6.30. The van der Waals surface area contributed by atoms with Crippen LogP contribution in [-0.2, 0) is 20.7 Å². The molecule has 9 heteroatoms. The van der Waals surface area contributed by atoms with Crippen molar-refractivity contribution < 1.29 is 14.3 Å². The maximum atomic E-state index is 12.5. The van der Waals surface area contributed by atoms with Crippen molar-refractivity contribution in [3.63, 3.8) is 0 Å². The monoisotopic (exact) mass is 385 g/mol. The number of carbonyl (C=O) groups excluding carboxylic acids is 2. The average Bonchev–Trinajstić information content (AvgIpc) is 3.21. The molecule has 27 heavy (non-hydrogen) atoms. The molecule has 1 atom stereocenters. The molecule has 1 amide bonds. The number of nitrogens with one attached hydrogen (secondary N) is 1. The van der Waals surface area contributed by atoms with Gasteiger partial charge in [-0.05, 0) is 40.3 Å². The molecule has 0 aliphatic heterocycles. The second kappa shape index (κ2) is 8.91. The fraction of sp³-hybridized carbons (Fsp3) is 0.167. The maximum Gasteiger partial charge on any atom is 0.331 e. The highest BCUT2D eigenvalue weighted by Gasteiger charge is 2.24. The lowest BCUT2D eigenvalue weighted by atomic mass is 10.1. The number of halogens is 1. The lowest BCUT2D eigenvalue weighted by molar-refractivity contribution is -0.151. The Balaban J connectivity index is 1.60. The van der Waals surface area contributed by atoms with Gasteiger partial charge in [0.1, 0.15) is 6.33 Å². The minimum absolute atomic E-state index is 0.337. The van der Waals surface area contributed by atoms with Crippen LogP contribution < -0.4 is 5.32 Å². The van der Waals surface area contributed by atoms with Crippen LogP contribution >= 0.6 is 11.6 Å². The van der Waals surface area contributed by atoms with Crippen molar-refractivity contribution in [3.8, 4) is 0 Å². The predicted octanol–water partition coefficient (Wildman–Crippen LogP) is 2.29. The highest BCUT2D eigenvalue weighted by atomic mass is 35.5. The lowest BCUT2D eigenvalue weighted by Crippen LogP contribution is -2.28. The Morgan fingerprint density at radius 1 is 1.11 bits per heavy atom. The van der Waals surface area contributed by atoms with Crippen molar-refractivity contribution in [3.05, 3.63) is 71.5 Å². The van der Waals surface area contributed by atoms with Crippen molar-refractivity contribution in [1.82, 2.24) is 20.2 Å². The van der Waals surface area contributed by atoms with E-state index >= 15 is 0 Å². The van der Waals surface area contributed by atoms with E-state index in [0.29, 0.717) is 17.1 Å². The summed E-state index contributed by atoms with van der Waals surface area (Å²) in [5.41, 5.74) is 1.47. The molecule has 3 aromatic rings. The van der Waals surface area contributed by atoms with Gasteiger partial charge in [-0.15, -0.1) is 5.10 Å². The molecule has 0 radical (unpaired) electrons. The molecule has 0 aliphatic rings. The van der Waals surface area contributed by atoms with Gasteiger partial charge in [0.15, 0.2) is 12.6 Å². The summed E-state index contributed by atoms with van der Waals surface area (Å²) in [5.74, 6) is -1.06. The molecule has 8 nitrogen and oxygen atoms in total. The van der Waals surface area contributed by atoms with Crippen LogP contribution in [0.2, 0.25) is 5.02 Å². The van der Waals surface area contributed by atoms with Crippen molar-refractivity contribution in [2.75, 3.05) is 11.9 Å². The number of hydrogen-bond acceptors (Lipinski definition) is 6. The molecular weight excluding hydrogens is 370 g/mol. The van der Waals surface area contributed by atoms with Crippen LogP contribution in [0.1, 0.15) is 11.6 Å². The smallest absolute Gasteiger partial charge is 0.331 e. The van der Waals surface area contributed by atoms with Crippen molar-refractivity contribution in [2.45, 2.75) is 12.5 Å². The first-order valence-electron chi connectivity index (χ1n) is 8.10. The molecule has 0 aliphatic carbocycles. The summed E-state index contributed by atoms with van der Waals surface area (Å²) in [7, 11) is 0. The summed E-state index contributed by atoms with van der Waals surface area (Å²) < 4.78 is 6.48. The van der Waals surface area contributed by atoms with Gasteiger partial charge in [0.05, 0.1) is 0 Å². The molecule has 1 heterocycles. The van der Waals surface area contributed by atoms with Gasteiger partial charge in [-0.1, -0.05) is 41.9 Å². The fourth-order valence-electron chi connectivity index (χ4n) is 2.40. The van der Waals surface area contributed by atoms with E-state index in [9.17, 15) is 9.59 Å². The Morgan fingerprint density at radius 2 is 1.85 bits per heavy atom. The van der Waals surface area contributed by atoms with Crippen LogP contribution in [0.15, 0.2) is 60.9 Å². The van der Waals surface area contributed by atoms with Gasteiger partial charge >= 0.3 is 5.97 Å². The number of rotatable bonds is 7. The normalized spacial score (nSPS) is 11.6. The highest BCUT2D eigenvalue weighted by Crippen LogP contribution is 2.16. The second-order valence-corrected chi connectivity index (χ2v) is 6.09. The summed E-state index contributed by atoms with van der Waals surface area (Å²) >= 11 is 5.80. The Kier molecular flexibility index (Phi) is 6.11. The van der Waals surface area contributed by atoms with E-state index in [1.807, 2.05) is 30.3 Å². The van der Waals surface area contributed by atoms with Crippen molar-refractivity contribution >= 4 is 29.2 Å². The van der Waals surface area contributed by atoms with E-state index < -0.39 is 24.5 Å². The van der Waals surface area contributed by atoms with Gasteiger partial charge in [-0.25, -0.2) is 9.48 Å². The number of aromatic nitrogens is 4. The van der Waals surface area contributed by atoms with Gasteiger partial charge in [-0.3, -0.25) is 4.79 Å². The van der Waals surface area contributed by atoms with Crippen LogP contribution in [0.4, 0.5) is 5.69 Å². The third-order valence-electron chi connectivity index (χ3n) is 3.70. The molecule has 3 rings (SSSR count). The first kappa shape index (κ1) is 18.5. The number of ether oxygens (including phenoxy) is 1. The zero-order valence-corrected chi connectivity index (χ0v) is 14.9. The first-order valence-corrected chi connectivity index (χ1v) is 8.48. The van der Waals surface area contributed by atoms with Gasteiger partial charge in [0.25, 0.3) is 5.91 Å². The third-order valence-corrected chi connectivity index (χ3v) is 3.95. The molecule has 0 bridgehead atoms. The van der Waals surface area contributed by atoms with Gasteiger partial charge in [0.2, 0.25) is 0 Å². The molecule has 138 valence electrons. The SMILES string of the molecule is O=C(COC(=O)[C@H](Cc1ccccc1)n1cnnn1)Nc1ccc(Cl)cc1. The largest absolute Gasteiger partial charge is 0.454 e. The van der Waals surface area contributed by atoms with E-state index in [1.165, 1.54) is 11.0 Å². The number of nitrogens with zero attached hydrogens (tertiary/aromatic N) is 4. The zero-order valence-electron chi connectivity index (χ0n) is 14.2. The number of esters is 1. The summed E-state index contributed by atoms with van der Waals surface area (Å²) in [6.07, 6.45) is 1.67. The summed E-state index contributed by atoms with van der Waals surface area (Å²) in [6, 6.07) is 15.2. The van der Waals surface area contributed by atoms with Crippen LogP contribution in [0.5, 0.6) is 0 Å². The number of amides is 1. The number of anilines is 1. The van der Waals surface area contributed by atoms with Crippen molar-refractivity contribution in [2.24, 2.45) is 0 Å². The van der Waals surface area contributed by atoms with Crippen LogP contribution in [0.3, 0.4) is 0 Å². The quantitative estimate of drug-likeness (QED) is 0.626. The van der Waals surface area contributed by atoms with Crippen LogP contribution in [0, 0.1) is 0 Å². The molecule has 0 unspecified atom stereocenters. The zero-order chi connectivity index (χ0) is 19.1. The van der Waals surface area contributed by atoms with E-state index in [1.54, 1.807) is 24.3 Å². The summed E-state index contributed by atoms with van der Waals surface area (Å²) in [5, 5.41) is 14.1. The Labute approximate surface area is 160 Å². The van der Waals surface area contributed by atoms with E-state index in [0.717, 1.165) is 5.56 Å². The minimum Gasteiger partial charge on any atom is -0.454 e. The molecule has 2 aromatic carbocycles. The lowest BCUT2D eigenvalue weighted by Gasteiger charge is -2.15. The molecule has 0 fully saturated rings. The predicted molar refractivity (Wildman–Crippen MR) is 98.0 cm³/mol. The number of carbonyl (C=O) groups is 2. The Morgan fingerprint density at radius 3 is 2.52 bits per heavy atom. The van der Waals surface area contributed by atoms with E-state index in [2.05, 4.69) is 20.8 Å². The second-order valence-electron chi connectivity index (χ2n) is 5.66. The molecule has 1 aromatic heterocycles. The minimum atomic E-state index is -0.772. The fourth-order valence-corrected chi connectivity index (χ4v) is 2.52. The Bertz CT molecular complexity index is 885. The molecular formula is C18H16ClN5O3. The molecule has 1 N–H and O–H groups in total. The van der Waals surface area contributed by atoms with E-state index in [4.69, 9.17) is 16.3 Å². The first-order chi connectivity index (χ1) is 13.1. The van der Waals surface area contributed by atoms with Crippen LogP contribution in [-0.4, -0.2) is 38.7 Å². The van der Waals surface area contributed by atoms with Gasteiger partial charge in [0, 0.05) is 17.1 Å². The number of hydrogen-bond donors (Lipinski definition) is 1. The number of tetrazole rings is 1. The van der Waals surface area contributed by atoms with Gasteiger partial charge in [-0.2, -0.15) is 0 Å². The van der Waals surface area contributed by atoms with Crippen molar-refractivity contribution in [1.29, 1.82) is 0 Å². The third kappa shape index (κ3) is 5.35. The summed E-state index contributed by atoms with van der Waals surface area (Å²) in [4.78, 5) is 24.5. The molecule has 0 saturated carbocycles. The van der Waals surface area contributed by atoms with Crippen LogP contribution in [0.25, 0.3) is 0 Å².